The molecule has 2 bridgehead atoms. The lowest BCUT2D eigenvalue weighted by Gasteiger charge is -2.57. The van der Waals surface area contributed by atoms with E-state index >= 15 is 0 Å². The fourth-order valence-electron chi connectivity index (χ4n) is 6.02. The van der Waals surface area contributed by atoms with Gasteiger partial charge >= 0.3 is 0 Å². The maximum atomic E-state index is 14.3. The van der Waals surface area contributed by atoms with E-state index in [0.717, 1.165) is 19.5 Å². The minimum absolute atomic E-state index is 0.138. The van der Waals surface area contributed by atoms with Crippen LogP contribution < -0.4 is 0 Å². The number of fused-ring (bicyclic) bond motifs is 4. The fourth-order valence-corrected chi connectivity index (χ4v) is 6.02. The van der Waals surface area contributed by atoms with Crippen LogP contribution in [0, 0.1) is 17.7 Å². The summed E-state index contributed by atoms with van der Waals surface area (Å²) in [7, 11) is 0. The quantitative estimate of drug-likeness (QED) is 0.734. The van der Waals surface area contributed by atoms with Gasteiger partial charge in [-0.3, -0.25) is 14.5 Å². The van der Waals surface area contributed by atoms with Crippen LogP contribution in [-0.4, -0.2) is 59.0 Å². The van der Waals surface area contributed by atoms with Crippen LogP contribution in [-0.2, 0) is 11.2 Å². The van der Waals surface area contributed by atoms with Crippen LogP contribution >= 0.6 is 0 Å². The minimum Gasteiger partial charge on any atom is -0.483 e. The van der Waals surface area contributed by atoms with Crippen molar-refractivity contribution in [3.8, 4) is 0 Å². The molecule has 0 unspecified atom stereocenters. The van der Waals surface area contributed by atoms with Crippen LogP contribution in [0.1, 0.15) is 41.6 Å². The number of carbonyl (C=O) groups excluding carboxylic acids is 1. The summed E-state index contributed by atoms with van der Waals surface area (Å²) in [6.45, 7) is 2.43. The van der Waals surface area contributed by atoms with Crippen molar-refractivity contribution in [1.29, 1.82) is 0 Å². The third kappa shape index (κ3) is 4.70. The third-order valence-corrected chi connectivity index (χ3v) is 7.30. The van der Waals surface area contributed by atoms with Gasteiger partial charge in [0.2, 0.25) is 0 Å². The van der Waals surface area contributed by atoms with Crippen molar-refractivity contribution in [2.24, 2.45) is 11.8 Å². The fraction of sp³-hybridized carbons (Fsp3) is 0.462. The van der Waals surface area contributed by atoms with E-state index in [0.29, 0.717) is 23.9 Å². The van der Waals surface area contributed by atoms with Crippen molar-refractivity contribution in [2.75, 3.05) is 19.6 Å². The van der Waals surface area contributed by atoms with Crippen molar-refractivity contribution >= 4 is 12.4 Å². The number of amides is 1. The van der Waals surface area contributed by atoms with Crippen LogP contribution in [0.15, 0.2) is 54.6 Å². The molecule has 1 amide bonds. The molecule has 5 nitrogen and oxygen atoms in total. The van der Waals surface area contributed by atoms with Gasteiger partial charge in [-0.05, 0) is 61.8 Å². The van der Waals surface area contributed by atoms with Crippen molar-refractivity contribution in [1.82, 2.24) is 9.80 Å². The standard InChI is InChI=1S/C25H29FN2O.CH2O2/c26-22-11-5-4-10-21(22)25(29)27-16-19-15-20(17-27)24(14-18-8-2-1-3-9-18)28-13-7-6-12-23(19)28;2-1-3/h1-5,8-11,19-20,23-24H,6-7,12-17H2;1H,(H,2,3)/t19-,20+,23+,24+;/m1./s1. The Morgan fingerprint density at radius 1 is 1.03 bits per heavy atom. The van der Waals surface area contributed by atoms with Gasteiger partial charge in [0, 0.05) is 25.2 Å². The van der Waals surface area contributed by atoms with Crippen LogP contribution in [0.5, 0.6) is 0 Å². The zero-order valence-electron chi connectivity index (χ0n) is 18.3. The Morgan fingerprint density at radius 3 is 2.47 bits per heavy atom. The number of benzene rings is 2. The summed E-state index contributed by atoms with van der Waals surface area (Å²) < 4.78 is 14.3. The van der Waals surface area contributed by atoms with E-state index in [-0.39, 0.29) is 17.9 Å². The van der Waals surface area contributed by atoms with Gasteiger partial charge in [0.25, 0.3) is 12.4 Å². The predicted molar refractivity (Wildman–Crippen MR) is 121 cm³/mol. The van der Waals surface area contributed by atoms with Crippen LogP contribution in [0.2, 0.25) is 0 Å². The highest BCUT2D eigenvalue weighted by Gasteiger charge is 2.47. The van der Waals surface area contributed by atoms with E-state index in [2.05, 4.69) is 35.2 Å². The molecule has 3 aliphatic heterocycles. The Labute approximate surface area is 188 Å². The Morgan fingerprint density at radius 2 is 1.72 bits per heavy atom. The monoisotopic (exact) mass is 438 g/mol. The summed E-state index contributed by atoms with van der Waals surface area (Å²) in [5.41, 5.74) is 1.59. The number of hydrogen-bond acceptors (Lipinski definition) is 3. The van der Waals surface area contributed by atoms with Crippen molar-refractivity contribution in [2.45, 2.75) is 44.2 Å². The molecule has 0 radical (unpaired) electrons. The first-order valence-electron chi connectivity index (χ1n) is 11.5. The molecule has 1 N–H and O–H groups in total. The SMILES string of the molecule is O=C(c1ccccc1F)N1C[C@H]2C[C@@H](C1)[C@H](Cc1ccccc1)N1CCCC[C@@H]21.O=CO. The highest BCUT2D eigenvalue weighted by Crippen LogP contribution is 2.42. The molecule has 0 saturated carbocycles. The molecule has 2 aromatic carbocycles. The lowest BCUT2D eigenvalue weighted by Crippen LogP contribution is -2.64. The normalized spacial score (nSPS) is 27.0. The molecule has 4 atom stereocenters. The molecule has 3 heterocycles. The number of nitrogens with zero attached hydrogens (tertiary/aromatic N) is 2. The number of carboxylic acid groups (broad SMARTS) is 1. The van der Waals surface area contributed by atoms with Gasteiger partial charge in [0.15, 0.2) is 0 Å². The van der Waals surface area contributed by atoms with Gasteiger partial charge in [-0.25, -0.2) is 4.39 Å². The minimum atomic E-state index is -0.409. The molecule has 0 aromatic heterocycles. The van der Waals surface area contributed by atoms with Crippen LogP contribution in [0.25, 0.3) is 0 Å². The van der Waals surface area contributed by atoms with E-state index in [9.17, 15) is 9.18 Å². The zero-order chi connectivity index (χ0) is 22.5. The maximum absolute atomic E-state index is 14.3. The molecule has 3 saturated heterocycles. The van der Waals surface area contributed by atoms with Crippen molar-refractivity contribution in [3.63, 3.8) is 0 Å². The molecule has 0 aliphatic carbocycles. The average Bonchev–Trinajstić information content (AvgIpc) is 2.83. The Kier molecular flexibility index (Phi) is 7.20. The van der Waals surface area contributed by atoms with Gasteiger partial charge in [-0.1, -0.05) is 48.9 Å². The summed E-state index contributed by atoms with van der Waals surface area (Å²) >= 11 is 0. The number of carbonyl (C=O) groups is 2. The first-order chi connectivity index (χ1) is 15.6. The Bertz CT molecular complexity index is 922. The average molecular weight is 439 g/mol. The zero-order valence-corrected chi connectivity index (χ0v) is 18.3. The first-order valence-corrected chi connectivity index (χ1v) is 11.5. The van der Waals surface area contributed by atoms with E-state index in [1.807, 2.05) is 4.90 Å². The molecular formula is C26H31FN2O3. The number of hydrogen-bond donors (Lipinski definition) is 1. The van der Waals surface area contributed by atoms with Gasteiger partial charge in [0.1, 0.15) is 5.82 Å². The largest absolute Gasteiger partial charge is 0.483 e. The molecular weight excluding hydrogens is 407 g/mol. The summed E-state index contributed by atoms with van der Waals surface area (Å²) in [4.78, 5) is 26.2. The first kappa shape index (κ1) is 22.5. The molecule has 32 heavy (non-hydrogen) atoms. The summed E-state index contributed by atoms with van der Waals surface area (Å²) in [6, 6.07) is 18.2. The second-order valence-corrected chi connectivity index (χ2v) is 9.11. The van der Waals surface area contributed by atoms with Crippen LogP contribution in [0.4, 0.5) is 4.39 Å². The molecule has 0 spiro atoms. The van der Waals surface area contributed by atoms with Gasteiger partial charge in [-0.15, -0.1) is 0 Å². The number of rotatable bonds is 3. The van der Waals surface area contributed by atoms with Crippen molar-refractivity contribution in [3.05, 3.63) is 71.5 Å². The lowest BCUT2D eigenvalue weighted by atomic mass is 9.71. The van der Waals surface area contributed by atoms with E-state index in [4.69, 9.17) is 9.90 Å². The Hall–Kier alpha value is -2.73. The summed E-state index contributed by atoms with van der Waals surface area (Å²) in [6.07, 6.45) is 6.02. The second-order valence-electron chi connectivity index (χ2n) is 9.11. The Balaban J connectivity index is 0.000000775. The van der Waals surface area contributed by atoms with E-state index < -0.39 is 5.82 Å². The predicted octanol–water partition coefficient (Wildman–Crippen LogP) is 4.08. The third-order valence-electron chi connectivity index (χ3n) is 7.30. The second kappa shape index (κ2) is 10.3. The molecule has 2 aromatic rings. The van der Waals surface area contributed by atoms with E-state index in [1.165, 1.54) is 43.9 Å². The van der Waals surface area contributed by atoms with Gasteiger partial charge in [0.05, 0.1) is 5.56 Å². The topological polar surface area (TPSA) is 60.9 Å². The number of piperidine rings is 3. The molecule has 3 fully saturated rings. The number of halogens is 1. The van der Waals surface area contributed by atoms with Gasteiger partial charge in [-0.2, -0.15) is 0 Å². The van der Waals surface area contributed by atoms with Crippen LogP contribution in [0.3, 0.4) is 0 Å². The van der Waals surface area contributed by atoms with Gasteiger partial charge < -0.3 is 10.0 Å². The molecule has 6 heteroatoms. The smallest absolute Gasteiger partial charge is 0.290 e. The highest BCUT2D eigenvalue weighted by molar-refractivity contribution is 5.94. The molecule has 5 rings (SSSR count). The lowest BCUT2D eigenvalue weighted by molar-refractivity contribution is -0.122. The summed E-state index contributed by atoms with van der Waals surface area (Å²) in [5.74, 6) is 0.421. The van der Waals surface area contributed by atoms with E-state index in [1.54, 1.807) is 18.2 Å². The van der Waals surface area contributed by atoms with Crippen molar-refractivity contribution < 1.29 is 19.1 Å². The maximum Gasteiger partial charge on any atom is 0.290 e. The number of likely N-dealkylation sites (tertiary alicyclic amines) is 1. The highest BCUT2D eigenvalue weighted by atomic mass is 19.1. The summed E-state index contributed by atoms with van der Waals surface area (Å²) in [5, 5.41) is 6.89. The molecule has 3 aliphatic rings. The molecule has 170 valence electrons.